The molecule has 5 heteroatoms. The number of H-pyrrole nitrogens is 1. The Hall–Kier alpha value is -2.27. The van der Waals surface area contributed by atoms with Gasteiger partial charge in [0.1, 0.15) is 11.5 Å². The molecule has 4 nitrogen and oxygen atoms in total. The van der Waals surface area contributed by atoms with Crippen molar-refractivity contribution in [1.82, 2.24) is 15.0 Å². The van der Waals surface area contributed by atoms with Crippen LogP contribution in [0.4, 0.5) is 4.39 Å². The third-order valence-electron chi connectivity index (χ3n) is 2.80. The van der Waals surface area contributed by atoms with Gasteiger partial charge in [0.25, 0.3) is 0 Å². The number of halogens is 1. The Kier molecular flexibility index (Phi) is 2.53. The Morgan fingerprint density at radius 3 is 2.78 bits per heavy atom. The van der Waals surface area contributed by atoms with Crippen LogP contribution in [0.25, 0.3) is 22.3 Å². The average molecular weight is 242 g/mol. The van der Waals surface area contributed by atoms with Gasteiger partial charge in [-0.05, 0) is 12.1 Å². The molecule has 0 atom stereocenters. The molecule has 0 bridgehead atoms. The molecule has 0 saturated carbocycles. The minimum absolute atomic E-state index is 0.273. The number of fused-ring (bicyclic) bond motifs is 1. The standard InChI is InChI=1S/C13H11FN4/c14-10-3-1-2-8-4-11(18-13(8)10)12-7-16-9(5-15)6-17-12/h1-4,6-7,18H,5,15H2. The number of hydrogen-bond acceptors (Lipinski definition) is 3. The first-order valence-electron chi connectivity index (χ1n) is 5.56. The average Bonchev–Trinajstić information content (AvgIpc) is 2.84. The zero-order valence-electron chi connectivity index (χ0n) is 9.52. The first kappa shape index (κ1) is 10.9. The fourth-order valence-corrected chi connectivity index (χ4v) is 1.86. The maximum atomic E-state index is 13.6. The molecule has 3 aromatic rings. The number of nitrogens with one attached hydrogen (secondary N) is 1. The maximum absolute atomic E-state index is 13.6. The molecule has 0 amide bonds. The van der Waals surface area contributed by atoms with E-state index in [4.69, 9.17) is 5.73 Å². The molecule has 2 heterocycles. The minimum atomic E-state index is -0.273. The highest BCUT2D eigenvalue weighted by molar-refractivity contribution is 5.85. The van der Waals surface area contributed by atoms with Gasteiger partial charge in [-0.2, -0.15) is 0 Å². The summed E-state index contributed by atoms with van der Waals surface area (Å²) in [7, 11) is 0. The summed E-state index contributed by atoms with van der Waals surface area (Å²) in [6.07, 6.45) is 3.25. The van der Waals surface area contributed by atoms with Crippen LogP contribution < -0.4 is 5.73 Å². The highest BCUT2D eigenvalue weighted by atomic mass is 19.1. The zero-order chi connectivity index (χ0) is 12.5. The Balaban J connectivity index is 2.10. The fourth-order valence-electron chi connectivity index (χ4n) is 1.86. The molecule has 0 saturated heterocycles. The van der Waals surface area contributed by atoms with Crippen LogP contribution >= 0.6 is 0 Å². The van der Waals surface area contributed by atoms with E-state index in [0.29, 0.717) is 17.8 Å². The Bertz CT molecular complexity index is 688. The quantitative estimate of drug-likeness (QED) is 0.724. The normalized spacial score (nSPS) is 11.0. The van der Waals surface area contributed by atoms with Crippen LogP contribution in [0.1, 0.15) is 5.69 Å². The number of para-hydroxylation sites is 1. The van der Waals surface area contributed by atoms with Gasteiger partial charge in [-0.1, -0.05) is 12.1 Å². The van der Waals surface area contributed by atoms with Crippen molar-refractivity contribution in [2.75, 3.05) is 0 Å². The van der Waals surface area contributed by atoms with Crippen LogP contribution in [-0.2, 0) is 6.54 Å². The van der Waals surface area contributed by atoms with Crippen molar-refractivity contribution in [2.45, 2.75) is 6.54 Å². The Morgan fingerprint density at radius 1 is 1.22 bits per heavy atom. The van der Waals surface area contributed by atoms with Gasteiger partial charge in [0.05, 0.1) is 29.3 Å². The van der Waals surface area contributed by atoms with Gasteiger partial charge in [-0.3, -0.25) is 9.97 Å². The topological polar surface area (TPSA) is 67.6 Å². The van der Waals surface area contributed by atoms with Crippen molar-refractivity contribution in [3.8, 4) is 11.4 Å². The van der Waals surface area contributed by atoms with E-state index in [1.54, 1.807) is 18.5 Å². The van der Waals surface area contributed by atoms with Crippen molar-refractivity contribution < 1.29 is 4.39 Å². The Labute approximate surface area is 103 Å². The second kappa shape index (κ2) is 4.19. The van der Waals surface area contributed by atoms with E-state index in [1.807, 2.05) is 12.1 Å². The second-order valence-corrected chi connectivity index (χ2v) is 3.98. The van der Waals surface area contributed by atoms with Crippen LogP contribution in [0.15, 0.2) is 36.7 Å². The zero-order valence-corrected chi connectivity index (χ0v) is 9.52. The summed E-state index contributed by atoms with van der Waals surface area (Å²) in [4.78, 5) is 11.4. The first-order valence-corrected chi connectivity index (χ1v) is 5.56. The molecule has 0 unspecified atom stereocenters. The molecule has 0 radical (unpaired) electrons. The smallest absolute Gasteiger partial charge is 0.147 e. The number of aromatic amines is 1. The summed E-state index contributed by atoms with van der Waals surface area (Å²) in [5.74, 6) is -0.273. The molecule has 1 aromatic carbocycles. The molecule has 90 valence electrons. The molecule has 0 aliphatic carbocycles. The van der Waals surface area contributed by atoms with Crippen LogP contribution in [0.2, 0.25) is 0 Å². The van der Waals surface area contributed by atoms with E-state index < -0.39 is 0 Å². The van der Waals surface area contributed by atoms with Crippen LogP contribution in [0.5, 0.6) is 0 Å². The van der Waals surface area contributed by atoms with E-state index in [1.165, 1.54) is 6.07 Å². The SMILES string of the molecule is NCc1cnc(-c2cc3cccc(F)c3[nH]2)cn1. The van der Waals surface area contributed by atoms with Gasteiger partial charge in [-0.15, -0.1) is 0 Å². The van der Waals surface area contributed by atoms with E-state index in [9.17, 15) is 4.39 Å². The minimum Gasteiger partial charge on any atom is -0.351 e. The van der Waals surface area contributed by atoms with Crippen molar-refractivity contribution >= 4 is 10.9 Å². The number of nitrogens with zero attached hydrogens (tertiary/aromatic N) is 2. The lowest BCUT2D eigenvalue weighted by Gasteiger charge is -1.98. The van der Waals surface area contributed by atoms with Crippen molar-refractivity contribution in [1.29, 1.82) is 0 Å². The summed E-state index contributed by atoms with van der Waals surface area (Å²) in [6.45, 7) is 0.356. The number of nitrogens with two attached hydrogens (primary N) is 1. The molecule has 0 fully saturated rings. The number of hydrogen-bond donors (Lipinski definition) is 2. The van der Waals surface area contributed by atoms with Crippen molar-refractivity contribution in [3.05, 3.63) is 48.2 Å². The third kappa shape index (κ3) is 1.74. The highest BCUT2D eigenvalue weighted by Crippen LogP contribution is 2.23. The summed E-state index contributed by atoms with van der Waals surface area (Å²) >= 11 is 0. The monoisotopic (exact) mass is 242 g/mol. The van der Waals surface area contributed by atoms with E-state index >= 15 is 0 Å². The second-order valence-electron chi connectivity index (χ2n) is 3.98. The Morgan fingerprint density at radius 2 is 2.11 bits per heavy atom. The van der Waals surface area contributed by atoms with E-state index in [2.05, 4.69) is 15.0 Å². The molecule has 0 spiro atoms. The van der Waals surface area contributed by atoms with Crippen LogP contribution in [-0.4, -0.2) is 15.0 Å². The van der Waals surface area contributed by atoms with Crippen LogP contribution in [0.3, 0.4) is 0 Å². The summed E-state index contributed by atoms with van der Waals surface area (Å²) in [5, 5.41) is 0.815. The molecule has 2 aromatic heterocycles. The predicted octanol–water partition coefficient (Wildman–Crippen LogP) is 2.22. The first-order chi connectivity index (χ1) is 8.78. The summed E-state index contributed by atoms with van der Waals surface area (Å²) in [5.41, 5.74) is 8.08. The molecular formula is C13H11FN4. The van der Waals surface area contributed by atoms with Crippen molar-refractivity contribution in [3.63, 3.8) is 0 Å². The lowest BCUT2D eigenvalue weighted by atomic mass is 10.2. The van der Waals surface area contributed by atoms with Gasteiger partial charge < -0.3 is 10.7 Å². The van der Waals surface area contributed by atoms with Gasteiger partial charge in [0.15, 0.2) is 0 Å². The summed E-state index contributed by atoms with van der Waals surface area (Å²) in [6, 6.07) is 6.80. The van der Waals surface area contributed by atoms with Gasteiger partial charge in [0.2, 0.25) is 0 Å². The highest BCUT2D eigenvalue weighted by Gasteiger charge is 2.07. The van der Waals surface area contributed by atoms with Gasteiger partial charge in [-0.25, -0.2) is 4.39 Å². The molecule has 18 heavy (non-hydrogen) atoms. The molecule has 3 rings (SSSR count). The maximum Gasteiger partial charge on any atom is 0.147 e. The number of benzene rings is 1. The lowest BCUT2D eigenvalue weighted by molar-refractivity contribution is 0.637. The van der Waals surface area contributed by atoms with Gasteiger partial charge in [0, 0.05) is 11.9 Å². The van der Waals surface area contributed by atoms with E-state index in [0.717, 1.165) is 16.8 Å². The molecule has 0 aliphatic heterocycles. The number of aromatic nitrogens is 3. The predicted molar refractivity (Wildman–Crippen MR) is 67.2 cm³/mol. The molecule has 3 N–H and O–H groups in total. The lowest BCUT2D eigenvalue weighted by Crippen LogP contribution is -2.00. The summed E-state index contributed by atoms with van der Waals surface area (Å²) < 4.78 is 13.6. The largest absolute Gasteiger partial charge is 0.351 e. The third-order valence-corrected chi connectivity index (χ3v) is 2.80. The number of rotatable bonds is 2. The fraction of sp³-hybridized carbons (Fsp3) is 0.0769. The molecular weight excluding hydrogens is 231 g/mol. The van der Waals surface area contributed by atoms with E-state index in [-0.39, 0.29) is 5.82 Å². The molecule has 0 aliphatic rings. The van der Waals surface area contributed by atoms with Gasteiger partial charge >= 0.3 is 0 Å². The van der Waals surface area contributed by atoms with Crippen LogP contribution in [0, 0.1) is 5.82 Å². The van der Waals surface area contributed by atoms with Crippen molar-refractivity contribution in [2.24, 2.45) is 5.73 Å².